The van der Waals surface area contributed by atoms with Crippen molar-refractivity contribution in [3.05, 3.63) is 39.4 Å². The molecule has 0 fully saturated rings. The van der Waals surface area contributed by atoms with E-state index in [-0.39, 0.29) is 22.6 Å². The highest BCUT2D eigenvalue weighted by Crippen LogP contribution is 2.31. The van der Waals surface area contributed by atoms with E-state index >= 15 is 0 Å². The van der Waals surface area contributed by atoms with E-state index in [1.807, 2.05) is 26.8 Å². The molecule has 2 unspecified atom stereocenters. The summed E-state index contributed by atoms with van der Waals surface area (Å²) >= 11 is 0. The van der Waals surface area contributed by atoms with Crippen LogP contribution in [0, 0.1) is 17.0 Å². The molecule has 1 aromatic rings. The fourth-order valence-electron chi connectivity index (χ4n) is 2.01. The third-order valence-electron chi connectivity index (χ3n) is 2.85. The van der Waals surface area contributed by atoms with Crippen LogP contribution in [0.25, 0.3) is 0 Å². The molecule has 4 nitrogen and oxygen atoms in total. The lowest BCUT2D eigenvalue weighted by Crippen LogP contribution is -2.25. The number of nitro benzene ring substituents is 1. The molecule has 0 aliphatic heterocycles. The fraction of sp³-hybridized carbons (Fsp3) is 0.500. The number of aryl methyl sites for hydroxylation is 1. The molecule has 0 saturated carbocycles. The number of nitrogens with zero attached hydrogens (tertiary/aromatic N) is 1. The van der Waals surface area contributed by atoms with E-state index in [2.05, 4.69) is 0 Å². The summed E-state index contributed by atoms with van der Waals surface area (Å²) in [5.74, 6) is 0.0419. The van der Waals surface area contributed by atoms with Gasteiger partial charge < -0.3 is 5.73 Å². The van der Waals surface area contributed by atoms with Crippen molar-refractivity contribution in [3.8, 4) is 0 Å². The summed E-state index contributed by atoms with van der Waals surface area (Å²) < 4.78 is 0. The van der Waals surface area contributed by atoms with Gasteiger partial charge in [0.25, 0.3) is 5.69 Å². The van der Waals surface area contributed by atoms with Crippen LogP contribution in [0.2, 0.25) is 0 Å². The third-order valence-corrected chi connectivity index (χ3v) is 2.85. The summed E-state index contributed by atoms with van der Waals surface area (Å²) in [6.07, 6.45) is 0.807. The van der Waals surface area contributed by atoms with E-state index < -0.39 is 0 Å². The molecule has 1 aromatic carbocycles. The molecule has 0 saturated heterocycles. The maximum atomic E-state index is 10.9. The molecule has 16 heavy (non-hydrogen) atoms. The zero-order valence-corrected chi connectivity index (χ0v) is 9.93. The van der Waals surface area contributed by atoms with Crippen LogP contribution in [0.15, 0.2) is 18.2 Å². The Morgan fingerprint density at radius 3 is 2.56 bits per heavy atom. The molecule has 4 heteroatoms. The molecule has 0 amide bonds. The van der Waals surface area contributed by atoms with Gasteiger partial charge in [0, 0.05) is 23.6 Å². The summed E-state index contributed by atoms with van der Waals surface area (Å²) in [5, 5.41) is 10.9. The molecule has 0 aliphatic carbocycles. The minimum atomic E-state index is -0.334. The molecular weight excluding hydrogens is 204 g/mol. The molecular formula is C12H18N2O2. The average Bonchev–Trinajstić information content (AvgIpc) is 2.17. The van der Waals surface area contributed by atoms with Gasteiger partial charge in [-0.05, 0) is 26.3 Å². The number of nitrogens with two attached hydrogens (primary N) is 1. The number of nitro groups is 1. The van der Waals surface area contributed by atoms with Crippen molar-refractivity contribution in [1.29, 1.82) is 0 Å². The Labute approximate surface area is 95.6 Å². The topological polar surface area (TPSA) is 69.2 Å². The minimum absolute atomic E-state index is 0.0419. The molecule has 1 rings (SSSR count). The lowest BCUT2D eigenvalue weighted by Gasteiger charge is -2.19. The number of hydrogen-bond donors (Lipinski definition) is 1. The zero-order valence-electron chi connectivity index (χ0n) is 9.93. The van der Waals surface area contributed by atoms with Gasteiger partial charge in [-0.2, -0.15) is 0 Å². The van der Waals surface area contributed by atoms with Gasteiger partial charge in [0.1, 0.15) is 0 Å². The van der Waals surface area contributed by atoms with Gasteiger partial charge in [0.2, 0.25) is 0 Å². The first kappa shape index (κ1) is 12.6. The monoisotopic (exact) mass is 222 g/mol. The Morgan fingerprint density at radius 2 is 2.12 bits per heavy atom. The first-order valence-electron chi connectivity index (χ1n) is 5.47. The average molecular weight is 222 g/mol. The molecule has 0 aliphatic rings. The predicted molar refractivity (Wildman–Crippen MR) is 64.5 cm³/mol. The van der Waals surface area contributed by atoms with Gasteiger partial charge in [-0.15, -0.1) is 0 Å². The van der Waals surface area contributed by atoms with Gasteiger partial charge in [-0.25, -0.2) is 0 Å². The van der Waals surface area contributed by atoms with Crippen LogP contribution in [0.5, 0.6) is 0 Å². The fourth-order valence-corrected chi connectivity index (χ4v) is 2.01. The smallest absolute Gasteiger partial charge is 0.272 e. The molecule has 0 heterocycles. The zero-order chi connectivity index (χ0) is 12.3. The lowest BCUT2D eigenvalue weighted by molar-refractivity contribution is -0.385. The van der Waals surface area contributed by atoms with Crippen molar-refractivity contribution in [2.45, 2.75) is 39.2 Å². The van der Waals surface area contributed by atoms with Gasteiger partial charge in [-0.1, -0.05) is 18.6 Å². The second kappa shape index (κ2) is 5.07. The predicted octanol–water partition coefficient (Wildman–Crippen LogP) is 2.74. The Hall–Kier alpha value is -1.42. The van der Waals surface area contributed by atoms with E-state index in [4.69, 9.17) is 5.73 Å². The first-order chi connectivity index (χ1) is 7.47. The Morgan fingerprint density at radius 1 is 1.50 bits per heavy atom. The summed E-state index contributed by atoms with van der Waals surface area (Å²) in [5.41, 5.74) is 7.83. The van der Waals surface area contributed by atoms with Gasteiger partial charge >= 0.3 is 0 Å². The van der Waals surface area contributed by atoms with Crippen molar-refractivity contribution < 1.29 is 4.92 Å². The van der Waals surface area contributed by atoms with Crippen molar-refractivity contribution in [2.75, 3.05) is 0 Å². The summed E-state index contributed by atoms with van der Waals surface area (Å²) in [4.78, 5) is 10.6. The molecule has 2 N–H and O–H groups in total. The summed E-state index contributed by atoms with van der Waals surface area (Å²) in [6.45, 7) is 5.82. The largest absolute Gasteiger partial charge is 0.327 e. The van der Waals surface area contributed by atoms with E-state index in [0.29, 0.717) is 0 Å². The molecule has 88 valence electrons. The van der Waals surface area contributed by atoms with Gasteiger partial charge in [0.05, 0.1) is 4.92 Å². The third kappa shape index (κ3) is 2.58. The molecule has 0 aromatic heterocycles. The molecule has 0 radical (unpaired) electrons. The highest BCUT2D eigenvalue weighted by Gasteiger charge is 2.23. The van der Waals surface area contributed by atoms with E-state index in [1.54, 1.807) is 12.1 Å². The summed E-state index contributed by atoms with van der Waals surface area (Å²) in [6, 6.07) is 5.12. The van der Waals surface area contributed by atoms with Gasteiger partial charge in [0.15, 0.2) is 0 Å². The second-order valence-electron chi connectivity index (χ2n) is 4.19. The number of hydrogen-bond acceptors (Lipinski definition) is 3. The van der Waals surface area contributed by atoms with Crippen LogP contribution in [-0.4, -0.2) is 11.0 Å². The standard InChI is InChI=1S/C12H18N2O2/c1-4-10(9(3)13)11-7-8(2)5-6-12(11)14(15)16/h5-7,9-10H,4,13H2,1-3H3. The van der Waals surface area contributed by atoms with E-state index in [0.717, 1.165) is 17.5 Å². The number of benzene rings is 1. The highest BCUT2D eigenvalue weighted by molar-refractivity contribution is 5.45. The number of rotatable bonds is 4. The van der Waals surface area contributed by atoms with Crippen molar-refractivity contribution >= 4 is 5.69 Å². The maximum Gasteiger partial charge on any atom is 0.272 e. The highest BCUT2D eigenvalue weighted by atomic mass is 16.6. The van der Waals surface area contributed by atoms with E-state index in [9.17, 15) is 10.1 Å². The van der Waals surface area contributed by atoms with Crippen LogP contribution in [0.1, 0.15) is 37.3 Å². The van der Waals surface area contributed by atoms with Crippen LogP contribution >= 0.6 is 0 Å². The Bertz CT molecular complexity index is 389. The minimum Gasteiger partial charge on any atom is -0.327 e. The molecule has 2 atom stereocenters. The van der Waals surface area contributed by atoms with Crippen molar-refractivity contribution in [2.24, 2.45) is 5.73 Å². The van der Waals surface area contributed by atoms with Crippen molar-refractivity contribution in [3.63, 3.8) is 0 Å². The normalized spacial score (nSPS) is 14.5. The van der Waals surface area contributed by atoms with Crippen molar-refractivity contribution in [1.82, 2.24) is 0 Å². The van der Waals surface area contributed by atoms with Gasteiger partial charge in [-0.3, -0.25) is 10.1 Å². The Balaban J connectivity index is 3.27. The lowest BCUT2D eigenvalue weighted by atomic mass is 9.88. The quantitative estimate of drug-likeness (QED) is 0.629. The molecule has 0 bridgehead atoms. The molecule has 0 spiro atoms. The van der Waals surface area contributed by atoms with Crippen LogP contribution in [0.4, 0.5) is 5.69 Å². The first-order valence-corrected chi connectivity index (χ1v) is 5.47. The van der Waals surface area contributed by atoms with Crippen LogP contribution in [-0.2, 0) is 0 Å². The summed E-state index contributed by atoms with van der Waals surface area (Å²) in [7, 11) is 0. The SMILES string of the molecule is CCC(c1cc(C)ccc1[N+](=O)[O-])C(C)N. The van der Waals surface area contributed by atoms with E-state index in [1.165, 1.54) is 0 Å². The maximum absolute atomic E-state index is 10.9. The van der Waals surface area contributed by atoms with Crippen LogP contribution in [0.3, 0.4) is 0 Å². The Kier molecular flexibility index (Phi) is 4.01. The second-order valence-corrected chi connectivity index (χ2v) is 4.19. The van der Waals surface area contributed by atoms with Crippen LogP contribution < -0.4 is 5.73 Å².